The van der Waals surface area contributed by atoms with E-state index in [1.807, 2.05) is 14.0 Å². The largest absolute Gasteiger partial charge is 0.416 e. The number of likely N-dealkylation sites (N-methyl/N-ethyl adjacent to an activating group) is 1. The molecule has 0 unspecified atom stereocenters. The lowest BCUT2D eigenvalue weighted by molar-refractivity contribution is -0.138. The summed E-state index contributed by atoms with van der Waals surface area (Å²) in [5.41, 5.74) is -0.0380. The highest BCUT2D eigenvalue weighted by molar-refractivity contribution is 5.34. The second-order valence-corrected chi connectivity index (χ2v) is 4.89. The van der Waals surface area contributed by atoms with E-state index in [1.165, 1.54) is 12.1 Å². The topological polar surface area (TPSA) is 3.24 Å². The number of nitrogens with zero attached hydrogens (tertiary/aromatic N) is 1. The fourth-order valence-corrected chi connectivity index (χ4v) is 2.69. The van der Waals surface area contributed by atoms with Crippen molar-refractivity contribution in [2.24, 2.45) is 5.92 Å². The fourth-order valence-electron chi connectivity index (χ4n) is 2.69. The molecule has 1 heterocycles. The number of benzene rings is 1. The number of alkyl halides is 3. The minimum atomic E-state index is -4.25. The number of hydrogen-bond donors (Lipinski definition) is 0. The average Bonchev–Trinajstić information content (AvgIpc) is 2.56. The monoisotopic (exact) mass is 243 g/mol. The molecule has 1 aliphatic rings. The van der Waals surface area contributed by atoms with Crippen molar-refractivity contribution in [3.8, 4) is 0 Å². The molecule has 0 saturated carbocycles. The van der Waals surface area contributed by atoms with Crippen LogP contribution < -0.4 is 0 Å². The number of halogens is 3. The van der Waals surface area contributed by atoms with Gasteiger partial charge in [-0.3, -0.25) is 0 Å². The molecule has 1 aliphatic heterocycles. The maximum Gasteiger partial charge on any atom is 0.416 e. The highest BCUT2D eigenvalue weighted by Crippen LogP contribution is 2.39. The summed E-state index contributed by atoms with van der Waals surface area (Å²) in [5.74, 6) is 0.251. The van der Waals surface area contributed by atoms with Gasteiger partial charge in [-0.25, -0.2) is 0 Å². The summed E-state index contributed by atoms with van der Waals surface area (Å²) in [4.78, 5) is 2.09. The minimum absolute atomic E-state index is 0.0159. The quantitative estimate of drug-likeness (QED) is 0.731. The zero-order valence-electron chi connectivity index (χ0n) is 9.96. The first-order valence-corrected chi connectivity index (χ1v) is 5.74. The minimum Gasteiger partial charge on any atom is -0.305 e. The number of rotatable bonds is 1. The fraction of sp³-hybridized carbons (Fsp3) is 0.538. The molecule has 0 bridgehead atoms. The summed E-state index contributed by atoms with van der Waals surface area (Å²) in [6.07, 6.45) is -4.25. The van der Waals surface area contributed by atoms with Gasteiger partial charge in [0.05, 0.1) is 5.56 Å². The van der Waals surface area contributed by atoms with E-state index in [0.717, 1.165) is 6.54 Å². The van der Waals surface area contributed by atoms with Crippen molar-refractivity contribution >= 4 is 0 Å². The highest BCUT2D eigenvalue weighted by atomic mass is 19.4. The average molecular weight is 243 g/mol. The Labute approximate surface area is 99.2 Å². The normalized spacial score (nSPS) is 26.4. The molecule has 1 aromatic rings. The maximum absolute atomic E-state index is 12.9. The third-order valence-corrected chi connectivity index (χ3v) is 3.46. The smallest absolute Gasteiger partial charge is 0.305 e. The molecule has 17 heavy (non-hydrogen) atoms. The van der Waals surface area contributed by atoms with Crippen LogP contribution in [0.25, 0.3) is 0 Å². The van der Waals surface area contributed by atoms with Crippen LogP contribution in [0.1, 0.15) is 24.0 Å². The molecule has 0 spiro atoms. The molecule has 0 aromatic heterocycles. The molecule has 1 nitrogen and oxygen atoms in total. The van der Waals surface area contributed by atoms with E-state index in [4.69, 9.17) is 0 Å². The van der Waals surface area contributed by atoms with Crippen LogP contribution in [0.2, 0.25) is 0 Å². The molecule has 0 radical (unpaired) electrons. The molecule has 0 aliphatic carbocycles. The first kappa shape index (κ1) is 12.4. The Morgan fingerprint density at radius 1 is 1.18 bits per heavy atom. The molecule has 1 aromatic carbocycles. The Balaban J connectivity index is 2.39. The second kappa shape index (κ2) is 4.33. The van der Waals surface area contributed by atoms with E-state index in [1.54, 1.807) is 12.1 Å². The van der Waals surface area contributed by atoms with Crippen LogP contribution in [0, 0.1) is 5.92 Å². The standard InChI is InChI=1S/C13H16F3N/c1-9-7-17(2)8-11(9)10-5-3-4-6-12(10)13(14,15)16/h3-6,9,11H,7-8H2,1-2H3/t9-,11-/m0/s1. The van der Waals surface area contributed by atoms with Crippen molar-refractivity contribution in [2.45, 2.75) is 19.0 Å². The van der Waals surface area contributed by atoms with Gasteiger partial charge in [-0.15, -0.1) is 0 Å². The van der Waals surface area contributed by atoms with Gasteiger partial charge in [0.1, 0.15) is 0 Å². The highest BCUT2D eigenvalue weighted by Gasteiger charge is 2.38. The predicted octanol–water partition coefficient (Wildman–Crippen LogP) is 3.37. The van der Waals surface area contributed by atoms with Crippen LogP contribution in [-0.4, -0.2) is 25.0 Å². The van der Waals surface area contributed by atoms with Crippen molar-refractivity contribution < 1.29 is 13.2 Å². The van der Waals surface area contributed by atoms with Crippen LogP contribution in [0.15, 0.2) is 24.3 Å². The SMILES string of the molecule is C[C@H]1CN(C)C[C@@H]1c1ccccc1C(F)(F)F. The van der Waals surface area contributed by atoms with Gasteiger partial charge in [-0.05, 0) is 24.6 Å². The lowest BCUT2D eigenvalue weighted by atomic mass is 9.87. The van der Waals surface area contributed by atoms with Crippen molar-refractivity contribution in [2.75, 3.05) is 20.1 Å². The van der Waals surface area contributed by atoms with E-state index >= 15 is 0 Å². The van der Waals surface area contributed by atoms with Crippen molar-refractivity contribution in [1.29, 1.82) is 0 Å². The van der Waals surface area contributed by atoms with E-state index in [2.05, 4.69) is 4.90 Å². The Morgan fingerprint density at radius 2 is 1.82 bits per heavy atom. The van der Waals surface area contributed by atoms with Crippen LogP contribution in [0.3, 0.4) is 0 Å². The molecule has 2 rings (SSSR count). The summed E-state index contributed by atoms with van der Waals surface area (Å²) < 4.78 is 38.7. The van der Waals surface area contributed by atoms with Crippen LogP contribution in [0.5, 0.6) is 0 Å². The van der Waals surface area contributed by atoms with Crippen LogP contribution in [-0.2, 0) is 6.18 Å². The Kier molecular flexibility index (Phi) is 3.17. The van der Waals surface area contributed by atoms with Gasteiger partial charge in [0.25, 0.3) is 0 Å². The van der Waals surface area contributed by atoms with E-state index < -0.39 is 11.7 Å². The van der Waals surface area contributed by atoms with Gasteiger partial charge in [0.15, 0.2) is 0 Å². The first-order valence-electron chi connectivity index (χ1n) is 5.74. The van der Waals surface area contributed by atoms with Gasteiger partial charge < -0.3 is 4.90 Å². The zero-order valence-corrected chi connectivity index (χ0v) is 9.96. The predicted molar refractivity (Wildman–Crippen MR) is 60.8 cm³/mol. The van der Waals surface area contributed by atoms with Crippen molar-refractivity contribution in [3.63, 3.8) is 0 Å². The molecule has 1 saturated heterocycles. The van der Waals surface area contributed by atoms with Gasteiger partial charge in [0, 0.05) is 19.0 Å². The molecular formula is C13H16F3N. The summed E-state index contributed by atoms with van der Waals surface area (Å²) in [6.45, 7) is 3.58. The van der Waals surface area contributed by atoms with E-state index in [-0.39, 0.29) is 11.8 Å². The molecule has 0 amide bonds. The Morgan fingerprint density at radius 3 is 2.35 bits per heavy atom. The molecule has 4 heteroatoms. The molecular weight excluding hydrogens is 227 g/mol. The second-order valence-electron chi connectivity index (χ2n) is 4.89. The van der Waals surface area contributed by atoms with Crippen LogP contribution in [0.4, 0.5) is 13.2 Å². The molecule has 1 fully saturated rings. The van der Waals surface area contributed by atoms with Gasteiger partial charge >= 0.3 is 6.18 Å². The summed E-state index contributed by atoms with van der Waals surface area (Å²) in [6, 6.07) is 5.94. The lowest BCUT2D eigenvalue weighted by Crippen LogP contribution is -2.16. The first-order chi connectivity index (χ1) is 7.89. The van der Waals surface area contributed by atoms with Gasteiger partial charge in [-0.2, -0.15) is 13.2 Å². The van der Waals surface area contributed by atoms with Gasteiger partial charge in [0.2, 0.25) is 0 Å². The molecule has 2 atom stereocenters. The number of likely N-dealkylation sites (tertiary alicyclic amines) is 1. The van der Waals surface area contributed by atoms with E-state index in [0.29, 0.717) is 12.1 Å². The summed E-state index contributed by atoms with van der Waals surface area (Å²) in [5, 5.41) is 0. The van der Waals surface area contributed by atoms with E-state index in [9.17, 15) is 13.2 Å². The van der Waals surface area contributed by atoms with Crippen LogP contribution >= 0.6 is 0 Å². The van der Waals surface area contributed by atoms with Crippen molar-refractivity contribution in [3.05, 3.63) is 35.4 Å². The van der Waals surface area contributed by atoms with Gasteiger partial charge in [-0.1, -0.05) is 25.1 Å². The Hall–Kier alpha value is -1.03. The third kappa shape index (κ3) is 2.46. The number of hydrogen-bond acceptors (Lipinski definition) is 1. The van der Waals surface area contributed by atoms with Crippen molar-refractivity contribution in [1.82, 2.24) is 4.90 Å². The summed E-state index contributed by atoms with van der Waals surface area (Å²) in [7, 11) is 1.95. The Bertz CT molecular complexity index is 400. The third-order valence-electron chi connectivity index (χ3n) is 3.46. The molecule has 0 N–H and O–H groups in total. The molecule has 94 valence electrons. The summed E-state index contributed by atoms with van der Waals surface area (Å²) >= 11 is 0. The zero-order chi connectivity index (χ0) is 12.6. The maximum atomic E-state index is 12.9. The lowest BCUT2D eigenvalue weighted by Gasteiger charge is -2.20.